The third-order valence-electron chi connectivity index (χ3n) is 3.56. The van der Waals surface area contributed by atoms with Gasteiger partial charge in [0.05, 0.1) is 13.1 Å². The summed E-state index contributed by atoms with van der Waals surface area (Å²) in [6, 6.07) is 16.1. The van der Waals surface area contributed by atoms with Crippen molar-refractivity contribution >= 4 is 41.1 Å². The van der Waals surface area contributed by atoms with Crippen molar-refractivity contribution in [1.82, 2.24) is 10.2 Å². The van der Waals surface area contributed by atoms with Gasteiger partial charge >= 0.3 is 0 Å². The van der Waals surface area contributed by atoms with Gasteiger partial charge in [0.2, 0.25) is 17.7 Å². The molecule has 27 heavy (non-hydrogen) atoms. The molecule has 0 bridgehead atoms. The number of rotatable bonds is 7. The van der Waals surface area contributed by atoms with E-state index in [1.54, 1.807) is 30.3 Å². The van der Waals surface area contributed by atoms with Crippen LogP contribution in [0.25, 0.3) is 6.08 Å². The van der Waals surface area contributed by atoms with Crippen LogP contribution in [-0.4, -0.2) is 42.8 Å². The zero-order valence-corrected chi connectivity index (χ0v) is 15.6. The molecule has 2 rings (SSSR count). The van der Waals surface area contributed by atoms with Gasteiger partial charge in [-0.15, -0.1) is 0 Å². The number of likely N-dealkylation sites (N-methyl/N-ethyl adjacent to an activating group) is 1. The van der Waals surface area contributed by atoms with Gasteiger partial charge in [-0.2, -0.15) is 0 Å². The first kappa shape index (κ1) is 20.2. The molecule has 7 heteroatoms. The fraction of sp³-hybridized carbons (Fsp3) is 0.150. The average Bonchev–Trinajstić information content (AvgIpc) is 2.65. The van der Waals surface area contributed by atoms with Crippen molar-refractivity contribution in [3.63, 3.8) is 0 Å². The molecule has 2 aromatic rings. The number of halogens is 1. The highest BCUT2D eigenvalue weighted by Gasteiger charge is 2.13. The second-order valence-corrected chi connectivity index (χ2v) is 6.21. The smallest absolute Gasteiger partial charge is 0.244 e. The van der Waals surface area contributed by atoms with E-state index in [4.69, 9.17) is 11.6 Å². The van der Waals surface area contributed by atoms with Crippen molar-refractivity contribution in [2.75, 3.05) is 25.5 Å². The molecule has 0 atom stereocenters. The second kappa shape index (κ2) is 10.1. The molecule has 6 nitrogen and oxygen atoms in total. The fourth-order valence-corrected chi connectivity index (χ4v) is 2.35. The monoisotopic (exact) mass is 385 g/mol. The Bertz CT molecular complexity index is 837. The number of benzene rings is 2. The number of nitrogens with one attached hydrogen (secondary N) is 2. The molecule has 0 aliphatic rings. The topological polar surface area (TPSA) is 78.5 Å². The number of nitrogens with zero attached hydrogens (tertiary/aromatic N) is 1. The van der Waals surface area contributed by atoms with Crippen LogP contribution in [0.4, 0.5) is 5.69 Å². The quantitative estimate of drug-likeness (QED) is 0.719. The molecule has 2 aromatic carbocycles. The molecule has 0 aliphatic carbocycles. The van der Waals surface area contributed by atoms with Crippen molar-refractivity contribution in [2.45, 2.75) is 0 Å². The molecule has 0 saturated heterocycles. The van der Waals surface area contributed by atoms with Crippen molar-refractivity contribution < 1.29 is 14.4 Å². The highest BCUT2D eigenvalue weighted by Crippen LogP contribution is 2.14. The minimum atomic E-state index is -0.385. The normalized spacial score (nSPS) is 10.4. The van der Waals surface area contributed by atoms with E-state index in [1.807, 2.05) is 30.3 Å². The Labute approximate surface area is 162 Å². The van der Waals surface area contributed by atoms with Crippen molar-refractivity contribution in [1.29, 1.82) is 0 Å². The Kier molecular flexibility index (Phi) is 7.58. The minimum Gasteiger partial charge on any atom is -0.343 e. The molecular weight excluding hydrogens is 366 g/mol. The SMILES string of the molecule is CN(CC(=O)Nc1cccc(Cl)c1)C(=O)CNC(=O)/C=C/c1ccccc1. The highest BCUT2D eigenvalue weighted by molar-refractivity contribution is 6.30. The fourth-order valence-electron chi connectivity index (χ4n) is 2.16. The van der Waals surface area contributed by atoms with Crippen LogP contribution < -0.4 is 10.6 Å². The van der Waals surface area contributed by atoms with E-state index < -0.39 is 0 Å². The lowest BCUT2D eigenvalue weighted by molar-refractivity contribution is -0.133. The van der Waals surface area contributed by atoms with Crippen LogP contribution in [0.3, 0.4) is 0 Å². The van der Waals surface area contributed by atoms with Gasteiger partial charge in [-0.1, -0.05) is 48.0 Å². The van der Waals surface area contributed by atoms with Gasteiger partial charge in [0.25, 0.3) is 0 Å². The largest absolute Gasteiger partial charge is 0.343 e. The first-order valence-electron chi connectivity index (χ1n) is 8.24. The molecule has 3 amide bonds. The van der Waals surface area contributed by atoms with Crippen LogP contribution in [0.2, 0.25) is 5.02 Å². The lowest BCUT2D eigenvalue weighted by Gasteiger charge is -2.17. The molecule has 0 radical (unpaired) electrons. The molecule has 140 valence electrons. The minimum absolute atomic E-state index is 0.138. The molecule has 0 unspecified atom stereocenters. The van der Waals surface area contributed by atoms with Gasteiger partial charge in [-0.3, -0.25) is 14.4 Å². The van der Waals surface area contributed by atoms with Crippen LogP contribution in [0.15, 0.2) is 60.7 Å². The predicted octanol–water partition coefficient (Wildman–Crippen LogP) is 2.57. The summed E-state index contributed by atoms with van der Waals surface area (Å²) in [5.41, 5.74) is 1.43. The van der Waals surface area contributed by atoms with Crippen LogP contribution in [-0.2, 0) is 14.4 Å². The highest BCUT2D eigenvalue weighted by atomic mass is 35.5. The number of anilines is 1. The zero-order chi connectivity index (χ0) is 19.6. The van der Waals surface area contributed by atoms with Gasteiger partial charge in [-0.05, 0) is 29.8 Å². The van der Waals surface area contributed by atoms with Crippen LogP contribution in [0.5, 0.6) is 0 Å². The van der Waals surface area contributed by atoms with Crippen molar-refractivity contribution in [3.8, 4) is 0 Å². The van der Waals surface area contributed by atoms with Gasteiger partial charge in [0, 0.05) is 23.8 Å². The van der Waals surface area contributed by atoms with Crippen molar-refractivity contribution in [3.05, 3.63) is 71.3 Å². The van der Waals surface area contributed by atoms with E-state index in [-0.39, 0.29) is 30.8 Å². The third-order valence-corrected chi connectivity index (χ3v) is 3.79. The Hall–Kier alpha value is -3.12. The predicted molar refractivity (Wildman–Crippen MR) is 106 cm³/mol. The maximum Gasteiger partial charge on any atom is 0.244 e. The third kappa shape index (κ3) is 7.33. The molecule has 0 saturated carbocycles. The maximum atomic E-state index is 12.0. The summed E-state index contributed by atoms with van der Waals surface area (Å²) in [4.78, 5) is 37.1. The Morgan fingerprint density at radius 3 is 2.52 bits per heavy atom. The van der Waals surface area contributed by atoms with E-state index in [0.717, 1.165) is 5.56 Å². The van der Waals surface area contributed by atoms with Crippen LogP contribution in [0.1, 0.15) is 5.56 Å². The van der Waals surface area contributed by atoms with E-state index in [0.29, 0.717) is 10.7 Å². The lowest BCUT2D eigenvalue weighted by atomic mass is 10.2. The first-order chi connectivity index (χ1) is 12.9. The molecule has 0 aliphatic heterocycles. The number of carbonyl (C=O) groups is 3. The van der Waals surface area contributed by atoms with E-state index in [2.05, 4.69) is 10.6 Å². The van der Waals surface area contributed by atoms with Gasteiger partial charge < -0.3 is 15.5 Å². The summed E-state index contributed by atoms with van der Waals surface area (Å²) in [6.45, 7) is -0.333. The number of carbonyl (C=O) groups excluding carboxylic acids is 3. The van der Waals surface area contributed by atoms with Gasteiger partial charge in [0.1, 0.15) is 0 Å². The summed E-state index contributed by atoms with van der Waals surface area (Å²) < 4.78 is 0. The van der Waals surface area contributed by atoms with Crippen LogP contribution in [0, 0.1) is 0 Å². The Morgan fingerprint density at radius 2 is 1.81 bits per heavy atom. The number of amides is 3. The molecule has 2 N–H and O–H groups in total. The molecule has 0 aromatic heterocycles. The zero-order valence-electron chi connectivity index (χ0n) is 14.8. The average molecular weight is 386 g/mol. The van der Waals surface area contributed by atoms with E-state index in [1.165, 1.54) is 18.0 Å². The Balaban J connectivity index is 1.75. The maximum absolute atomic E-state index is 12.0. The first-order valence-corrected chi connectivity index (χ1v) is 8.62. The van der Waals surface area contributed by atoms with Crippen molar-refractivity contribution in [2.24, 2.45) is 0 Å². The number of hydrogen-bond donors (Lipinski definition) is 2. The molecule has 0 spiro atoms. The molecule has 0 fully saturated rings. The van der Waals surface area contributed by atoms with Gasteiger partial charge in [0.15, 0.2) is 0 Å². The van der Waals surface area contributed by atoms with Gasteiger partial charge in [-0.25, -0.2) is 0 Å². The summed E-state index contributed by atoms with van der Waals surface area (Å²) >= 11 is 5.86. The molecule has 0 heterocycles. The summed E-state index contributed by atoms with van der Waals surface area (Å²) in [6.07, 6.45) is 3.01. The second-order valence-electron chi connectivity index (χ2n) is 5.77. The van der Waals surface area contributed by atoms with E-state index >= 15 is 0 Å². The standard InChI is InChI=1S/C20H20ClN3O3/c1-24(14-19(26)23-17-9-5-8-16(21)12-17)20(27)13-22-18(25)11-10-15-6-3-2-4-7-15/h2-12H,13-14H2,1H3,(H,22,25)(H,23,26)/b11-10+. The molecular formula is C20H20ClN3O3. The lowest BCUT2D eigenvalue weighted by Crippen LogP contribution is -2.41. The number of hydrogen-bond acceptors (Lipinski definition) is 3. The summed E-state index contributed by atoms with van der Waals surface area (Å²) in [5, 5.41) is 5.66. The summed E-state index contributed by atoms with van der Waals surface area (Å²) in [7, 11) is 1.49. The van der Waals surface area contributed by atoms with Crippen LogP contribution >= 0.6 is 11.6 Å². The Morgan fingerprint density at radius 1 is 1.07 bits per heavy atom. The summed E-state index contributed by atoms with van der Waals surface area (Å²) in [5.74, 6) is -1.12. The van der Waals surface area contributed by atoms with E-state index in [9.17, 15) is 14.4 Å².